The zero-order chi connectivity index (χ0) is 15.1. The van der Waals surface area contributed by atoms with Crippen LogP contribution in [0.2, 0.25) is 0 Å². The summed E-state index contributed by atoms with van der Waals surface area (Å²) >= 11 is 6.57. The molecule has 116 valence electrons. The van der Waals surface area contributed by atoms with Crippen LogP contribution in [0.1, 0.15) is 41.5 Å². The van der Waals surface area contributed by atoms with Gasteiger partial charge in [0, 0.05) is 7.05 Å². The maximum Gasteiger partial charge on any atom is 0.204 e. The molecule has 0 aliphatic carbocycles. The van der Waals surface area contributed by atoms with Crippen molar-refractivity contribution in [2.24, 2.45) is 0 Å². The van der Waals surface area contributed by atoms with Gasteiger partial charge in [-0.25, -0.2) is 0 Å². The van der Waals surface area contributed by atoms with Crippen LogP contribution in [-0.4, -0.2) is 71.3 Å². The third kappa shape index (κ3) is 3.61. The number of hydrogen-bond donors (Lipinski definition) is 0. The van der Waals surface area contributed by atoms with E-state index in [1.165, 1.54) is 0 Å². The minimum Gasteiger partial charge on any atom is -0.259 e. The van der Waals surface area contributed by atoms with Gasteiger partial charge in [-0.3, -0.25) is 14.7 Å². The fraction of sp³-hybridized carbons (Fsp3) is 1.00. The number of hydrogen-bond acceptors (Lipinski definition) is 4. The Morgan fingerprint density at radius 1 is 0.632 bits per heavy atom. The van der Waals surface area contributed by atoms with Crippen molar-refractivity contribution in [1.29, 1.82) is 0 Å². The summed E-state index contributed by atoms with van der Waals surface area (Å²) in [7, 11) is 1.97. The molecule has 0 atom stereocenters. The molecule has 0 saturated heterocycles. The van der Waals surface area contributed by atoms with Crippen molar-refractivity contribution in [1.82, 2.24) is 19.1 Å². The molecule has 0 spiro atoms. The highest BCUT2D eigenvalue weighted by Gasteiger charge is 2.47. The topological polar surface area (TPSA) is 13.0 Å². The molecule has 0 heterocycles. The van der Waals surface area contributed by atoms with Gasteiger partial charge >= 0.3 is 0 Å². The lowest BCUT2D eigenvalue weighted by Crippen LogP contribution is -2.75. The van der Waals surface area contributed by atoms with Crippen molar-refractivity contribution in [3.05, 3.63) is 0 Å². The Kier molecular flexibility index (Phi) is 9.20. The smallest absolute Gasteiger partial charge is 0.204 e. The normalized spacial score (nSPS) is 13.3. The highest BCUT2D eigenvalue weighted by atomic mass is 35.5. The summed E-state index contributed by atoms with van der Waals surface area (Å²) in [6.07, 6.45) is 0. The van der Waals surface area contributed by atoms with Crippen LogP contribution in [-0.2, 0) is 0 Å². The highest BCUT2D eigenvalue weighted by molar-refractivity contribution is 6.13. The van der Waals surface area contributed by atoms with Crippen molar-refractivity contribution in [3.8, 4) is 0 Å². The van der Waals surface area contributed by atoms with Gasteiger partial charge in [-0.05, 0) is 51.0 Å². The minimum atomic E-state index is -0.349. The van der Waals surface area contributed by atoms with Crippen molar-refractivity contribution < 1.29 is 0 Å². The molecule has 0 fully saturated rings. The second-order valence-electron chi connectivity index (χ2n) is 4.59. The van der Waals surface area contributed by atoms with E-state index in [1.807, 2.05) is 11.5 Å². The quantitative estimate of drug-likeness (QED) is 0.453. The fourth-order valence-corrected chi connectivity index (χ4v) is 3.45. The molecule has 0 aromatic heterocycles. The second-order valence-corrected chi connectivity index (χ2v) is 5.10. The van der Waals surface area contributed by atoms with Crippen molar-refractivity contribution in [3.63, 3.8) is 0 Å². The molecule has 0 N–H and O–H groups in total. The van der Waals surface area contributed by atoms with Gasteiger partial charge in [0.25, 0.3) is 0 Å². The van der Waals surface area contributed by atoms with Crippen LogP contribution in [0.25, 0.3) is 0 Å². The molecule has 5 heteroatoms. The van der Waals surface area contributed by atoms with Gasteiger partial charge in [0.05, 0.1) is 0 Å². The number of rotatable bonds is 10. The predicted octanol–water partition coefficient (Wildman–Crippen LogP) is 2.71. The Morgan fingerprint density at radius 3 is 0.947 bits per heavy atom. The zero-order valence-electron chi connectivity index (χ0n) is 13.9. The Labute approximate surface area is 125 Å². The fourth-order valence-electron chi connectivity index (χ4n) is 3.13. The highest BCUT2D eigenvalue weighted by Crippen LogP contribution is 2.30. The van der Waals surface area contributed by atoms with Gasteiger partial charge in [0.1, 0.15) is 0 Å². The maximum absolute atomic E-state index is 6.57. The molecular formula is C14H33ClN4. The third-order valence-electron chi connectivity index (χ3n) is 3.98. The summed E-state index contributed by atoms with van der Waals surface area (Å²) in [4.78, 5) is 7.29. The summed E-state index contributed by atoms with van der Waals surface area (Å²) < 4.78 is 1.85. The molecule has 0 aromatic rings. The van der Waals surface area contributed by atoms with Crippen molar-refractivity contribution in [2.45, 2.75) is 47.5 Å². The first-order valence-corrected chi connectivity index (χ1v) is 7.99. The van der Waals surface area contributed by atoms with Gasteiger partial charge < -0.3 is 0 Å². The average molecular weight is 293 g/mol. The number of nitrogens with zero attached hydrogens (tertiary/aromatic N) is 4. The Hall–Kier alpha value is 0.130. The third-order valence-corrected chi connectivity index (χ3v) is 4.20. The van der Waals surface area contributed by atoms with Gasteiger partial charge in [0.15, 0.2) is 0 Å². The molecule has 0 rings (SSSR count). The molecule has 0 saturated carbocycles. The molecule has 0 aromatic carbocycles. The summed E-state index contributed by atoms with van der Waals surface area (Å²) in [5.74, 6) is -0.349. The first-order valence-electron chi connectivity index (χ1n) is 7.65. The second kappa shape index (κ2) is 9.14. The molecule has 4 nitrogen and oxygen atoms in total. The van der Waals surface area contributed by atoms with Gasteiger partial charge in [0.2, 0.25) is 5.91 Å². The van der Waals surface area contributed by atoms with E-state index in [4.69, 9.17) is 11.8 Å². The van der Waals surface area contributed by atoms with Crippen LogP contribution < -0.4 is 0 Å². The van der Waals surface area contributed by atoms with Crippen molar-refractivity contribution in [2.75, 3.05) is 46.3 Å². The average Bonchev–Trinajstić information content (AvgIpc) is 2.41. The van der Waals surface area contributed by atoms with Gasteiger partial charge in [-0.1, -0.05) is 41.5 Å². The van der Waals surface area contributed by atoms with Gasteiger partial charge in [-0.2, -0.15) is 4.42 Å². The van der Waals surface area contributed by atoms with E-state index in [9.17, 15) is 0 Å². The first kappa shape index (κ1) is 19.1. The van der Waals surface area contributed by atoms with Gasteiger partial charge in [-0.15, -0.1) is 0 Å². The lowest BCUT2D eigenvalue weighted by molar-refractivity contribution is -0.222. The Morgan fingerprint density at radius 2 is 0.842 bits per heavy atom. The van der Waals surface area contributed by atoms with Crippen LogP contribution in [0.15, 0.2) is 0 Å². The SMILES string of the molecule is CCN(CC)C(N(C)Cl)(N(CC)CC)N(CC)CC. The van der Waals surface area contributed by atoms with Crippen LogP contribution in [0.3, 0.4) is 0 Å². The zero-order valence-corrected chi connectivity index (χ0v) is 14.7. The van der Waals surface area contributed by atoms with Crippen LogP contribution in [0.4, 0.5) is 0 Å². The molecule has 0 unspecified atom stereocenters. The van der Waals surface area contributed by atoms with E-state index >= 15 is 0 Å². The standard InChI is InChI=1S/C14H33ClN4/c1-8-17(9-2)14(16(7)15,18(10-3)11-4)19(12-5)13-6/h8-13H2,1-7H3. The summed E-state index contributed by atoms with van der Waals surface area (Å²) in [6, 6.07) is 0. The molecular weight excluding hydrogens is 260 g/mol. The molecule has 0 amide bonds. The number of halogens is 1. The van der Waals surface area contributed by atoms with E-state index in [0.717, 1.165) is 39.3 Å². The van der Waals surface area contributed by atoms with E-state index in [0.29, 0.717) is 0 Å². The predicted molar refractivity (Wildman–Crippen MR) is 85.1 cm³/mol. The minimum absolute atomic E-state index is 0.349. The Bertz CT molecular complexity index is 192. The molecule has 0 radical (unpaired) electrons. The summed E-state index contributed by atoms with van der Waals surface area (Å²) in [5.41, 5.74) is 0. The largest absolute Gasteiger partial charge is 0.259 e. The maximum atomic E-state index is 6.57. The van der Waals surface area contributed by atoms with E-state index in [2.05, 4.69) is 56.2 Å². The molecule has 0 bridgehead atoms. The Balaban J connectivity index is 5.84. The first-order chi connectivity index (χ1) is 9.00. The van der Waals surface area contributed by atoms with E-state index in [-0.39, 0.29) is 5.91 Å². The monoisotopic (exact) mass is 292 g/mol. The summed E-state index contributed by atoms with van der Waals surface area (Å²) in [6.45, 7) is 19.0. The van der Waals surface area contributed by atoms with Crippen LogP contribution in [0, 0.1) is 0 Å². The molecule has 0 aliphatic heterocycles. The molecule has 19 heavy (non-hydrogen) atoms. The molecule has 0 aliphatic rings. The van der Waals surface area contributed by atoms with Crippen LogP contribution in [0.5, 0.6) is 0 Å². The summed E-state index contributed by atoms with van der Waals surface area (Å²) in [5, 5.41) is 0. The van der Waals surface area contributed by atoms with E-state index < -0.39 is 0 Å². The van der Waals surface area contributed by atoms with Crippen LogP contribution >= 0.6 is 11.8 Å². The van der Waals surface area contributed by atoms with Crippen molar-refractivity contribution >= 4 is 11.8 Å². The lowest BCUT2D eigenvalue weighted by atomic mass is 10.3. The lowest BCUT2D eigenvalue weighted by Gasteiger charge is -2.57. The van der Waals surface area contributed by atoms with E-state index in [1.54, 1.807) is 0 Å².